The van der Waals surface area contributed by atoms with Gasteiger partial charge in [-0.25, -0.2) is 4.84 Å². The molecule has 0 aliphatic heterocycles. The molecule has 0 amide bonds. The van der Waals surface area contributed by atoms with Gasteiger partial charge in [0.25, 0.3) is 0 Å². The standard InChI is InChI=1S/C6H12ClNO/c1-4-2-3-5(9)6(4)8-7/h4-6,8-9H,2-3H2,1H3/t4-,5-,6+/m1/s1. The molecule has 0 aromatic heterocycles. The maximum Gasteiger partial charge on any atom is 0.0708 e. The predicted molar refractivity (Wildman–Crippen MR) is 37.2 cm³/mol. The van der Waals surface area contributed by atoms with Gasteiger partial charge in [0, 0.05) is 0 Å². The normalized spacial score (nSPS) is 43.7. The lowest BCUT2D eigenvalue weighted by Gasteiger charge is -2.15. The summed E-state index contributed by atoms with van der Waals surface area (Å²) in [7, 11) is 0. The van der Waals surface area contributed by atoms with E-state index in [-0.39, 0.29) is 12.1 Å². The van der Waals surface area contributed by atoms with Gasteiger partial charge in [-0.1, -0.05) is 6.92 Å². The Balaban J connectivity index is 2.44. The van der Waals surface area contributed by atoms with Gasteiger partial charge in [-0.05, 0) is 30.5 Å². The molecule has 3 heteroatoms. The van der Waals surface area contributed by atoms with Gasteiger partial charge in [-0.2, -0.15) is 0 Å². The summed E-state index contributed by atoms with van der Waals surface area (Å²) in [5.74, 6) is 0.512. The predicted octanol–water partition coefficient (Wildman–Crippen LogP) is 0.889. The number of hydrogen-bond acceptors (Lipinski definition) is 2. The summed E-state index contributed by atoms with van der Waals surface area (Å²) in [5.41, 5.74) is 0. The Morgan fingerprint density at radius 1 is 1.56 bits per heavy atom. The Kier molecular flexibility index (Phi) is 2.33. The smallest absolute Gasteiger partial charge is 0.0708 e. The van der Waals surface area contributed by atoms with Crippen LogP contribution in [-0.4, -0.2) is 17.3 Å². The molecule has 0 spiro atoms. The zero-order valence-electron chi connectivity index (χ0n) is 5.47. The molecular weight excluding hydrogens is 138 g/mol. The largest absolute Gasteiger partial charge is 0.391 e. The van der Waals surface area contributed by atoms with Gasteiger partial charge in [0.2, 0.25) is 0 Å². The summed E-state index contributed by atoms with van der Waals surface area (Å²) in [5, 5.41) is 9.21. The zero-order valence-corrected chi connectivity index (χ0v) is 6.23. The van der Waals surface area contributed by atoms with Crippen LogP contribution in [0.15, 0.2) is 0 Å². The fraction of sp³-hybridized carbons (Fsp3) is 1.00. The summed E-state index contributed by atoms with van der Waals surface area (Å²) < 4.78 is 0. The topological polar surface area (TPSA) is 32.3 Å². The third-order valence-corrected chi connectivity index (χ3v) is 2.32. The van der Waals surface area contributed by atoms with E-state index in [0.29, 0.717) is 5.92 Å². The van der Waals surface area contributed by atoms with Gasteiger partial charge in [0.1, 0.15) is 0 Å². The van der Waals surface area contributed by atoms with Crippen molar-refractivity contribution in [2.45, 2.75) is 31.9 Å². The first-order chi connectivity index (χ1) is 4.25. The quantitative estimate of drug-likeness (QED) is 0.543. The minimum atomic E-state index is -0.238. The Hall–Kier alpha value is 0.210. The van der Waals surface area contributed by atoms with Crippen LogP contribution in [0.4, 0.5) is 0 Å². The molecule has 2 nitrogen and oxygen atoms in total. The number of rotatable bonds is 1. The second-order valence-corrected chi connectivity index (χ2v) is 2.98. The summed E-state index contributed by atoms with van der Waals surface area (Å²) in [6.07, 6.45) is 1.72. The molecule has 0 heterocycles. The molecule has 1 aliphatic carbocycles. The third-order valence-electron chi connectivity index (χ3n) is 2.07. The molecule has 1 saturated carbocycles. The molecule has 54 valence electrons. The van der Waals surface area contributed by atoms with Crippen LogP contribution in [0.2, 0.25) is 0 Å². The molecule has 0 saturated heterocycles. The van der Waals surface area contributed by atoms with Crippen LogP contribution >= 0.6 is 11.8 Å². The van der Waals surface area contributed by atoms with Crippen molar-refractivity contribution in [2.24, 2.45) is 5.92 Å². The van der Waals surface area contributed by atoms with Gasteiger partial charge in [-0.3, -0.25) is 0 Å². The van der Waals surface area contributed by atoms with Gasteiger partial charge >= 0.3 is 0 Å². The summed E-state index contributed by atoms with van der Waals surface area (Å²) in [6, 6.07) is 0.103. The highest BCUT2D eigenvalue weighted by atomic mass is 35.5. The van der Waals surface area contributed by atoms with Crippen LogP contribution in [0.3, 0.4) is 0 Å². The molecule has 9 heavy (non-hydrogen) atoms. The monoisotopic (exact) mass is 149 g/mol. The van der Waals surface area contributed by atoms with E-state index in [1.54, 1.807) is 0 Å². The van der Waals surface area contributed by atoms with E-state index in [0.717, 1.165) is 12.8 Å². The number of hydrogen-bond donors (Lipinski definition) is 2. The van der Waals surface area contributed by atoms with E-state index in [1.807, 2.05) is 0 Å². The molecule has 0 aromatic carbocycles. The number of nitrogens with one attached hydrogen (secondary N) is 1. The Labute approximate surface area is 60.3 Å². The number of aliphatic hydroxyl groups excluding tert-OH is 1. The van der Waals surface area contributed by atoms with E-state index in [1.165, 1.54) is 0 Å². The summed E-state index contributed by atoms with van der Waals surface area (Å²) >= 11 is 5.39. The first-order valence-corrected chi connectivity index (χ1v) is 3.67. The Morgan fingerprint density at radius 2 is 2.22 bits per heavy atom. The SMILES string of the molecule is C[C@@H]1CC[C@@H](O)[C@H]1NCl. The van der Waals surface area contributed by atoms with E-state index < -0.39 is 0 Å². The number of halogens is 1. The second kappa shape index (κ2) is 2.86. The maximum absolute atomic E-state index is 9.21. The average molecular weight is 150 g/mol. The van der Waals surface area contributed by atoms with Crippen molar-refractivity contribution in [2.75, 3.05) is 0 Å². The van der Waals surface area contributed by atoms with Crippen molar-refractivity contribution in [3.05, 3.63) is 0 Å². The average Bonchev–Trinajstić information content (AvgIpc) is 2.12. The van der Waals surface area contributed by atoms with E-state index in [9.17, 15) is 5.11 Å². The summed E-state index contributed by atoms with van der Waals surface area (Å²) in [6.45, 7) is 2.09. The minimum Gasteiger partial charge on any atom is -0.391 e. The van der Waals surface area contributed by atoms with Gasteiger partial charge in [0.05, 0.1) is 12.1 Å². The fourth-order valence-corrected chi connectivity index (χ4v) is 1.71. The third kappa shape index (κ3) is 1.37. The van der Waals surface area contributed by atoms with Crippen LogP contribution in [0.1, 0.15) is 19.8 Å². The van der Waals surface area contributed by atoms with Crippen molar-refractivity contribution in [3.63, 3.8) is 0 Å². The highest BCUT2D eigenvalue weighted by molar-refractivity contribution is 6.13. The van der Waals surface area contributed by atoms with Gasteiger partial charge in [-0.15, -0.1) is 0 Å². The van der Waals surface area contributed by atoms with Crippen LogP contribution in [0, 0.1) is 5.92 Å². The van der Waals surface area contributed by atoms with Crippen molar-refractivity contribution in [1.29, 1.82) is 0 Å². The van der Waals surface area contributed by atoms with E-state index in [4.69, 9.17) is 11.8 Å². The van der Waals surface area contributed by atoms with Crippen LogP contribution < -0.4 is 4.84 Å². The molecule has 0 aromatic rings. The highest BCUT2D eigenvalue weighted by Gasteiger charge is 2.30. The lowest BCUT2D eigenvalue weighted by Crippen LogP contribution is -2.33. The minimum absolute atomic E-state index is 0.103. The van der Waals surface area contributed by atoms with Crippen LogP contribution in [0.5, 0.6) is 0 Å². The lowest BCUT2D eigenvalue weighted by atomic mass is 10.1. The second-order valence-electron chi connectivity index (χ2n) is 2.76. The lowest BCUT2D eigenvalue weighted by molar-refractivity contribution is 0.151. The molecular formula is C6H12ClNO. The first-order valence-electron chi connectivity index (χ1n) is 3.30. The maximum atomic E-state index is 9.21. The van der Waals surface area contributed by atoms with Gasteiger partial charge in [0.15, 0.2) is 0 Å². The van der Waals surface area contributed by atoms with Crippen molar-refractivity contribution in [1.82, 2.24) is 4.84 Å². The molecule has 1 rings (SSSR count). The molecule has 0 unspecified atom stereocenters. The van der Waals surface area contributed by atoms with Gasteiger partial charge < -0.3 is 5.11 Å². The highest BCUT2D eigenvalue weighted by Crippen LogP contribution is 2.25. The van der Waals surface area contributed by atoms with Crippen molar-refractivity contribution < 1.29 is 5.11 Å². The van der Waals surface area contributed by atoms with Crippen molar-refractivity contribution >= 4 is 11.8 Å². The Morgan fingerprint density at radius 3 is 2.44 bits per heavy atom. The van der Waals surface area contributed by atoms with E-state index >= 15 is 0 Å². The van der Waals surface area contributed by atoms with E-state index in [2.05, 4.69) is 11.8 Å². The fourth-order valence-electron chi connectivity index (χ4n) is 1.35. The molecule has 0 radical (unpaired) electrons. The van der Waals surface area contributed by atoms with Crippen LogP contribution in [0.25, 0.3) is 0 Å². The molecule has 3 atom stereocenters. The zero-order chi connectivity index (χ0) is 6.85. The molecule has 1 aliphatic rings. The first kappa shape index (κ1) is 7.32. The van der Waals surface area contributed by atoms with Crippen LogP contribution in [-0.2, 0) is 0 Å². The molecule has 2 N–H and O–H groups in total. The summed E-state index contributed by atoms with van der Waals surface area (Å²) in [4.78, 5) is 2.59. The Bertz CT molecular complexity index is 89.1. The molecule has 0 bridgehead atoms. The van der Waals surface area contributed by atoms with Crippen molar-refractivity contribution in [3.8, 4) is 0 Å². The molecule has 1 fully saturated rings. The number of aliphatic hydroxyl groups is 1.